The lowest BCUT2D eigenvalue weighted by Crippen LogP contribution is -2.22. The van der Waals surface area contributed by atoms with E-state index >= 15 is 0 Å². The fraction of sp³-hybridized carbons (Fsp3) is 0.375. The average molecular weight is 311 g/mol. The first-order valence-electron chi connectivity index (χ1n) is 6.47. The Morgan fingerprint density at radius 1 is 1.29 bits per heavy atom. The first-order chi connectivity index (χ1) is 9.71. The second kappa shape index (κ2) is 7.27. The minimum atomic E-state index is -0.545. The van der Waals surface area contributed by atoms with Crippen molar-refractivity contribution in [3.8, 4) is 0 Å². The molecule has 1 rings (SSSR count). The number of carbonyl (C=O) groups is 2. The van der Waals surface area contributed by atoms with Crippen LogP contribution in [0.15, 0.2) is 24.3 Å². The van der Waals surface area contributed by atoms with E-state index in [0.717, 1.165) is 5.56 Å². The van der Waals surface area contributed by atoms with Gasteiger partial charge in [-0.2, -0.15) is 0 Å². The standard InChI is InChI=1S/C16H19ClO4/c1-16(2,3)21-14(18)8-6-11-5-7-13(17)9-12(11)10-15(19)20-4/h5-9H,10H2,1-4H3/b8-6+. The van der Waals surface area contributed by atoms with Gasteiger partial charge in [0.25, 0.3) is 0 Å². The van der Waals surface area contributed by atoms with Crippen molar-refractivity contribution in [2.24, 2.45) is 0 Å². The Kier molecular flexibility index (Phi) is 5.97. The summed E-state index contributed by atoms with van der Waals surface area (Å²) >= 11 is 5.93. The van der Waals surface area contributed by atoms with Gasteiger partial charge in [0.1, 0.15) is 5.60 Å². The maximum absolute atomic E-state index is 11.7. The van der Waals surface area contributed by atoms with Gasteiger partial charge in [0.05, 0.1) is 13.5 Å². The maximum atomic E-state index is 11.7. The topological polar surface area (TPSA) is 52.6 Å². The number of esters is 2. The molecule has 0 N–H and O–H groups in total. The van der Waals surface area contributed by atoms with E-state index in [1.54, 1.807) is 45.0 Å². The van der Waals surface area contributed by atoms with E-state index in [4.69, 9.17) is 16.3 Å². The SMILES string of the molecule is COC(=O)Cc1cc(Cl)ccc1/C=C/C(=O)OC(C)(C)C. The molecule has 0 atom stereocenters. The van der Waals surface area contributed by atoms with Crippen molar-refractivity contribution in [2.75, 3.05) is 7.11 Å². The fourth-order valence-electron chi connectivity index (χ4n) is 1.61. The Bertz CT molecular complexity index is 556. The molecule has 1 aromatic carbocycles. The summed E-state index contributed by atoms with van der Waals surface area (Å²) < 4.78 is 9.82. The molecule has 114 valence electrons. The third kappa shape index (κ3) is 6.45. The van der Waals surface area contributed by atoms with Gasteiger partial charge in [0.15, 0.2) is 0 Å². The lowest BCUT2D eigenvalue weighted by Gasteiger charge is -2.18. The van der Waals surface area contributed by atoms with Crippen LogP contribution in [-0.4, -0.2) is 24.6 Å². The fourth-order valence-corrected chi connectivity index (χ4v) is 1.81. The van der Waals surface area contributed by atoms with Gasteiger partial charge in [0.2, 0.25) is 0 Å². The molecular weight excluding hydrogens is 292 g/mol. The number of hydrogen-bond acceptors (Lipinski definition) is 4. The van der Waals surface area contributed by atoms with Crippen molar-refractivity contribution in [3.63, 3.8) is 0 Å². The van der Waals surface area contributed by atoms with E-state index in [9.17, 15) is 9.59 Å². The quantitative estimate of drug-likeness (QED) is 0.631. The minimum Gasteiger partial charge on any atom is -0.469 e. The van der Waals surface area contributed by atoms with Crippen molar-refractivity contribution >= 4 is 29.6 Å². The first-order valence-corrected chi connectivity index (χ1v) is 6.85. The Morgan fingerprint density at radius 2 is 1.95 bits per heavy atom. The highest BCUT2D eigenvalue weighted by molar-refractivity contribution is 6.30. The molecule has 4 nitrogen and oxygen atoms in total. The molecule has 0 aliphatic heterocycles. The number of ether oxygens (including phenoxy) is 2. The van der Waals surface area contributed by atoms with Crippen molar-refractivity contribution in [1.29, 1.82) is 0 Å². The summed E-state index contributed by atoms with van der Waals surface area (Å²) in [4.78, 5) is 23.1. The molecule has 0 amide bonds. The number of benzene rings is 1. The molecule has 5 heteroatoms. The van der Waals surface area contributed by atoms with Crippen LogP contribution in [0.25, 0.3) is 6.08 Å². The highest BCUT2D eigenvalue weighted by atomic mass is 35.5. The van der Waals surface area contributed by atoms with Crippen LogP contribution in [0.4, 0.5) is 0 Å². The van der Waals surface area contributed by atoms with Gasteiger partial charge in [-0.25, -0.2) is 4.79 Å². The zero-order valence-corrected chi connectivity index (χ0v) is 13.4. The number of methoxy groups -OCH3 is 1. The zero-order chi connectivity index (χ0) is 16.0. The molecule has 0 radical (unpaired) electrons. The molecule has 0 saturated heterocycles. The molecule has 0 aliphatic rings. The Labute approximate surface area is 129 Å². The summed E-state index contributed by atoms with van der Waals surface area (Å²) in [5.74, 6) is -0.814. The van der Waals surface area contributed by atoms with Crippen LogP contribution in [0, 0.1) is 0 Å². The molecule has 21 heavy (non-hydrogen) atoms. The van der Waals surface area contributed by atoms with Gasteiger partial charge in [-0.1, -0.05) is 17.7 Å². The molecule has 0 heterocycles. The molecule has 0 unspecified atom stereocenters. The third-order valence-corrected chi connectivity index (χ3v) is 2.71. The van der Waals surface area contributed by atoms with Crippen LogP contribution in [0.2, 0.25) is 5.02 Å². The van der Waals surface area contributed by atoms with Gasteiger partial charge in [-0.05, 0) is 50.1 Å². The number of hydrogen-bond donors (Lipinski definition) is 0. The van der Waals surface area contributed by atoms with Crippen molar-refractivity contribution < 1.29 is 19.1 Å². The number of rotatable bonds is 4. The summed E-state index contributed by atoms with van der Waals surface area (Å²) in [6.07, 6.45) is 3.02. The van der Waals surface area contributed by atoms with Crippen molar-refractivity contribution in [2.45, 2.75) is 32.8 Å². The second-order valence-electron chi connectivity index (χ2n) is 5.46. The van der Waals surface area contributed by atoms with E-state index in [1.807, 2.05) is 0 Å². The Balaban J connectivity index is 2.92. The van der Waals surface area contributed by atoms with Crippen LogP contribution in [0.1, 0.15) is 31.9 Å². The van der Waals surface area contributed by atoms with E-state index in [2.05, 4.69) is 4.74 Å². The van der Waals surface area contributed by atoms with E-state index < -0.39 is 11.6 Å². The molecule has 0 bridgehead atoms. The van der Waals surface area contributed by atoms with Crippen LogP contribution < -0.4 is 0 Å². The summed E-state index contributed by atoms with van der Waals surface area (Å²) in [5.41, 5.74) is 0.862. The minimum absolute atomic E-state index is 0.0883. The largest absolute Gasteiger partial charge is 0.469 e. The zero-order valence-electron chi connectivity index (χ0n) is 12.6. The molecule has 0 spiro atoms. The number of carbonyl (C=O) groups excluding carboxylic acids is 2. The normalized spacial score (nSPS) is 11.5. The van der Waals surface area contributed by atoms with Crippen LogP contribution in [0.3, 0.4) is 0 Å². The monoisotopic (exact) mass is 310 g/mol. The van der Waals surface area contributed by atoms with Gasteiger partial charge >= 0.3 is 11.9 Å². The Morgan fingerprint density at radius 3 is 2.52 bits per heavy atom. The van der Waals surface area contributed by atoms with E-state index in [0.29, 0.717) is 10.6 Å². The van der Waals surface area contributed by atoms with Crippen molar-refractivity contribution in [3.05, 3.63) is 40.4 Å². The molecule has 0 fully saturated rings. The van der Waals surface area contributed by atoms with Crippen LogP contribution in [0.5, 0.6) is 0 Å². The lowest BCUT2D eigenvalue weighted by atomic mass is 10.0. The number of halogens is 1. The van der Waals surface area contributed by atoms with Crippen molar-refractivity contribution in [1.82, 2.24) is 0 Å². The second-order valence-corrected chi connectivity index (χ2v) is 5.90. The predicted molar refractivity (Wildman–Crippen MR) is 82.1 cm³/mol. The smallest absolute Gasteiger partial charge is 0.331 e. The summed E-state index contributed by atoms with van der Waals surface area (Å²) in [6.45, 7) is 5.39. The summed E-state index contributed by atoms with van der Waals surface area (Å²) in [5, 5.41) is 0.517. The van der Waals surface area contributed by atoms with Crippen LogP contribution in [-0.2, 0) is 25.5 Å². The van der Waals surface area contributed by atoms with Gasteiger partial charge in [-0.3, -0.25) is 4.79 Å². The van der Waals surface area contributed by atoms with E-state index in [-0.39, 0.29) is 12.4 Å². The molecule has 1 aromatic rings. The highest BCUT2D eigenvalue weighted by Gasteiger charge is 2.14. The average Bonchev–Trinajstić information content (AvgIpc) is 2.35. The predicted octanol–water partition coefficient (Wildman–Crippen LogP) is 3.41. The lowest BCUT2D eigenvalue weighted by molar-refractivity contribution is -0.148. The summed E-state index contributed by atoms with van der Waals surface area (Å²) in [7, 11) is 1.32. The van der Waals surface area contributed by atoms with Gasteiger partial charge in [0, 0.05) is 11.1 Å². The third-order valence-electron chi connectivity index (χ3n) is 2.47. The van der Waals surface area contributed by atoms with Gasteiger partial charge in [-0.15, -0.1) is 0 Å². The highest BCUT2D eigenvalue weighted by Crippen LogP contribution is 2.19. The molecular formula is C16H19ClO4. The Hall–Kier alpha value is -1.81. The molecule has 0 aromatic heterocycles. The van der Waals surface area contributed by atoms with Gasteiger partial charge < -0.3 is 9.47 Å². The summed E-state index contributed by atoms with van der Waals surface area (Å²) in [6, 6.07) is 5.10. The van der Waals surface area contributed by atoms with Crippen LogP contribution >= 0.6 is 11.6 Å². The molecule has 0 saturated carbocycles. The first kappa shape index (κ1) is 17.2. The molecule has 0 aliphatic carbocycles. The maximum Gasteiger partial charge on any atom is 0.331 e. The van der Waals surface area contributed by atoms with E-state index in [1.165, 1.54) is 13.2 Å².